The molecule has 0 saturated heterocycles. The molecule has 0 atom stereocenters. The summed E-state index contributed by atoms with van der Waals surface area (Å²) in [4.78, 5) is 13.9. The van der Waals surface area contributed by atoms with E-state index >= 15 is 0 Å². The number of amides is 1. The van der Waals surface area contributed by atoms with Gasteiger partial charge in [0.05, 0.1) is 21.9 Å². The molecule has 9 heteroatoms. The van der Waals surface area contributed by atoms with Crippen molar-refractivity contribution in [1.82, 2.24) is 4.90 Å². The first-order valence-electron chi connectivity index (χ1n) is 6.88. The quantitative estimate of drug-likeness (QED) is 0.861. The Bertz CT molecular complexity index is 957. The van der Waals surface area contributed by atoms with Gasteiger partial charge < -0.3 is 10.2 Å². The molecule has 1 aromatic carbocycles. The van der Waals surface area contributed by atoms with Crippen LogP contribution in [0, 0.1) is 11.3 Å². The Hall–Kier alpha value is -2.63. The van der Waals surface area contributed by atoms with Crippen LogP contribution >= 0.6 is 11.6 Å². The van der Waals surface area contributed by atoms with E-state index in [1.54, 1.807) is 17.2 Å². The van der Waals surface area contributed by atoms with Crippen LogP contribution in [0.2, 0.25) is 5.02 Å². The largest absolute Gasteiger partial charge is 0.330 e. The first-order chi connectivity index (χ1) is 11.4. The van der Waals surface area contributed by atoms with Crippen molar-refractivity contribution in [1.29, 1.82) is 5.26 Å². The lowest BCUT2D eigenvalue weighted by Gasteiger charge is -2.26. The van der Waals surface area contributed by atoms with Gasteiger partial charge in [0.2, 0.25) is 0 Å². The summed E-state index contributed by atoms with van der Waals surface area (Å²) in [7, 11) is -3.43. The fraction of sp³-hybridized carbons (Fsp3) is 0.133. The third-order valence-electron chi connectivity index (χ3n) is 3.43. The highest BCUT2D eigenvalue weighted by Gasteiger charge is 2.25. The van der Waals surface area contributed by atoms with Crippen molar-refractivity contribution in [2.24, 2.45) is 4.40 Å². The number of benzene rings is 1. The third-order valence-corrected chi connectivity index (χ3v) is 4.91. The van der Waals surface area contributed by atoms with Crippen LogP contribution in [0.25, 0.3) is 0 Å². The predicted octanol–water partition coefficient (Wildman–Crippen LogP) is 1.65. The van der Waals surface area contributed by atoms with Crippen molar-refractivity contribution in [2.45, 2.75) is 0 Å². The highest BCUT2D eigenvalue weighted by atomic mass is 35.5. The van der Waals surface area contributed by atoms with Crippen molar-refractivity contribution in [3.63, 3.8) is 0 Å². The number of fused-ring (bicyclic) bond motifs is 1. The van der Waals surface area contributed by atoms with Crippen molar-refractivity contribution in [3.05, 3.63) is 52.7 Å². The number of nitriles is 1. The summed E-state index contributed by atoms with van der Waals surface area (Å²) in [6.07, 6.45) is 4.53. The van der Waals surface area contributed by atoms with Crippen molar-refractivity contribution >= 4 is 39.1 Å². The molecule has 0 bridgehead atoms. The summed E-state index contributed by atoms with van der Waals surface area (Å²) in [5, 5.41) is 11.8. The van der Waals surface area contributed by atoms with Crippen molar-refractivity contribution in [3.8, 4) is 6.07 Å². The summed E-state index contributed by atoms with van der Waals surface area (Å²) in [6, 6.07) is 6.53. The van der Waals surface area contributed by atoms with Crippen LogP contribution in [0.4, 0.5) is 5.69 Å². The molecule has 0 aliphatic carbocycles. The zero-order chi connectivity index (χ0) is 17.3. The Labute approximate surface area is 143 Å². The fourth-order valence-corrected chi connectivity index (χ4v) is 3.41. The molecule has 7 nitrogen and oxygen atoms in total. The number of sulfonamides is 1. The molecule has 0 spiro atoms. The van der Waals surface area contributed by atoms with E-state index in [1.807, 2.05) is 6.07 Å². The number of hydrogen-bond donors (Lipinski definition) is 1. The van der Waals surface area contributed by atoms with Gasteiger partial charge in [0.1, 0.15) is 11.9 Å². The maximum atomic E-state index is 12.3. The Kier molecular flexibility index (Phi) is 4.13. The monoisotopic (exact) mass is 362 g/mol. The van der Waals surface area contributed by atoms with E-state index in [1.165, 1.54) is 24.3 Å². The molecule has 0 aromatic heterocycles. The topological polar surface area (TPSA) is 103 Å². The Morgan fingerprint density at radius 1 is 1.38 bits per heavy atom. The second-order valence-electron chi connectivity index (χ2n) is 5.11. The molecule has 2 aliphatic heterocycles. The molecule has 1 amide bonds. The first-order valence-corrected chi connectivity index (χ1v) is 8.87. The minimum atomic E-state index is -3.43. The van der Waals surface area contributed by atoms with Gasteiger partial charge in [-0.15, -0.1) is 4.40 Å². The average Bonchev–Trinajstić information content (AvgIpc) is 2.53. The molecule has 0 unspecified atom stereocenters. The molecule has 2 aliphatic rings. The normalized spacial score (nSPS) is 18.1. The molecular formula is C15H11ClN4O3S. The second-order valence-corrected chi connectivity index (χ2v) is 7.27. The molecule has 1 aromatic rings. The number of rotatable bonds is 2. The highest BCUT2D eigenvalue weighted by Crippen LogP contribution is 2.22. The van der Waals surface area contributed by atoms with Crippen LogP contribution < -0.4 is 5.32 Å². The summed E-state index contributed by atoms with van der Waals surface area (Å²) >= 11 is 5.93. The van der Waals surface area contributed by atoms with Gasteiger partial charge in [-0.25, -0.2) is 8.42 Å². The molecule has 0 fully saturated rings. The average molecular weight is 363 g/mol. The molecule has 0 saturated carbocycles. The van der Waals surface area contributed by atoms with E-state index in [4.69, 9.17) is 16.9 Å². The number of nitrogens with one attached hydrogen (secondary N) is 1. The minimum Gasteiger partial charge on any atom is -0.330 e. The highest BCUT2D eigenvalue weighted by molar-refractivity contribution is 7.90. The maximum absolute atomic E-state index is 12.3. The van der Waals surface area contributed by atoms with Crippen LogP contribution in [0.15, 0.2) is 46.5 Å². The lowest BCUT2D eigenvalue weighted by atomic mass is 10.1. The van der Waals surface area contributed by atoms with Gasteiger partial charge in [-0.3, -0.25) is 4.79 Å². The van der Waals surface area contributed by atoms with Crippen LogP contribution in [0.3, 0.4) is 0 Å². The zero-order valence-electron chi connectivity index (χ0n) is 12.2. The number of hydrogen-bond acceptors (Lipinski definition) is 5. The van der Waals surface area contributed by atoms with Gasteiger partial charge in [0, 0.05) is 18.4 Å². The van der Waals surface area contributed by atoms with Gasteiger partial charge in [0.25, 0.3) is 15.9 Å². The van der Waals surface area contributed by atoms with Gasteiger partial charge in [-0.1, -0.05) is 11.6 Å². The third kappa shape index (κ3) is 3.32. The molecule has 0 radical (unpaired) electrons. The predicted molar refractivity (Wildman–Crippen MR) is 89.9 cm³/mol. The zero-order valence-corrected chi connectivity index (χ0v) is 13.8. The Balaban J connectivity index is 1.78. The summed E-state index contributed by atoms with van der Waals surface area (Å²) < 4.78 is 26.6. The van der Waals surface area contributed by atoms with Crippen molar-refractivity contribution < 1.29 is 13.2 Å². The minimum absolute atomic E-state index is 0.0963. The lowest BCUT2D eigenvalue weighted by Crippen LogP contribution is -2.37. The SMILES string of the molecule is N#Cc1ccc(NC(=O)C2=CN3CCS(=O)(=O)N=C3C=C2)cc1Cl. The van der Waals surface area contributed by atoms with Crippen LogP contribution in [0.1, 0.15) is 5.56 Å². The summed E-state index contributed by atoms with van der Waals surface area (Å²) in [5.74, 6) is -0.181. The number of anilines is 1. The molecule has 24 heavy (non-hydrogen) atoms. The number of carbonyl (C=O) groups excluding carboxylic acids is 1. The summed E-state index contributed by atoms with van der Waals surface area (Å²) in [5.41, 5.74) is 1.13. The van der Waals surface area contributed by atoms with E-state index in [0.29, 0.717) is 22.7 Å². The van der Waals surface area contributed by atoms with Crippen molar-refractivity contribution in [2.75, 3.05) is 17.6 Å². The van der Waals surface area contributed by atoms with E-state index in [-0.39, 0.29) is 23.2 Å². The number of amidine groups is 1. The van der Waals surface area contributed by atoms with E-state index < -0.39 is 10.0 Å². The molecule has 1 N–H and O–H groups in total. The second kappa shape index (κ2) is 6.11. The standard InChI is InChI=1S/C15H11ClN4O3S/c16-13-7-12(3-1-10(13)8-17)18-15(21)11-2-4-14-19-24(22,23)6-5-20(14)9-11/h1-4,7,9H,5-6H2,(H,18,21). The molecular weight excluding hydrogens is 352 g/mol. The Morgan fingerprint density at radius 2 is 2.17 bits per heavy atom. The van der Waals surface area contributed by atoms with Crippen LogP contribution in [-0.2, 0) is 14.8 Å². The van der Waals surface area contributed by atoms with Gasteiger partial charge in [0.15, 0.2) is 0 Å². The van der Waals surface area contributed by atoms with Gasteiger partial charge >= 0.3 is 0 Å². The molecule has 122 valence electrons. The maximum Gasteiger partial charge on any atom is 0.257 e. The smallest absolute Gasteiger partial charge is 0.257 e. The van der Waals surface area contributed by atoms with Crippen LogP contribution in [0.5, 0.6) is 0 Å². The molecule has 3 rings (SSSR count). The fourth-order valence-electron chi connectivity index (χ4n) is 2.22. The molecule has 2 heterocycles. The summed E-state index contributed by atoms with van der Waals surface area (Å²) in [6.45, 7) is 0.241. The van der Waals surface area contributed by atoms with E-state index in [9.17, 15) is 13.2 Å². The van der Waals surface area contributed by atoms with E-state index in [2.05, 4.69) is 9.71 Å². The van der Waals surface area contributed by atoms with Gasteiger partial charge in [-0.05, 0) is 30.4 Å². The van der Waals surface area contributed by atoms with E-state index in [0.717, 1.165) is 0 Å². The number of carbonyl (C=O) groups is 1. The number of nitrogens with zero attached hydrogens (tertiary/aromatic N) is 3. The van der Waals surface area contributed by atoms with Gasteiger partial charge in [-0.2, -0.15) is 5.26 Å². The lowest BCUT2D eigenvalue weighted by molar-refractivity contribution is -0.112. The Morgan fingerprint density at radius 3 is 2.88 bits per heavy atom. The first kappa shape index (κ1) is 16.2. The number of halogens is 1. The van der Waals surface area contributed by atoms with Crippen LogP contribution in [-0.4, -0.2) is 37.4 Å².